The van der Waals surface area contributed by atoms with Gasteiger partial charge in [0.2, 0.25) is 9.05 Å². The average molecular weight is 263 g/mol. The summed E-state index contributed by atoms with van der Waals surface area (Å²) in [4.78, 5) is 0. The Morgan fingerprint density at radius 2 is 1.88 bits per heavy atom. The molecule has 1 unspecified atom stereocenters. The summed E-state index contributed by atoms with van der Waals surface area (Å²) in [5.41, 5.74) is 0.666. The largest absolute Gasteiger partial charge is 0.494 e. The van der Waals surface area contributed by atoms with Crippen molar-refractivity contribution >= 4 is 19.7 Å². The predicted molar refractivity (Wildman–Crippen MR) is 65.4 cm³/mol. The fraction of sp³-hybridized carbons (Fsp3) is 0.455. The minimum Gasteiger partial charge on any atom is -0.494 e. The second kappa shape index (κ2) is 5.55. The second-order valence-electron chi connectivity index (χ2n) is 3.54. The first-order valence-corrected chi connectivity index (χ1v) is 7.48. The van der Waals surface area contributed by atoms with E-state index in [0.29, 0.717) is 12.2 Å². The maximum absolute atomic E-state index is 11.1. The highest BCUT2D eigenvalue weighted by atomic mass is 35.7. The van der Waals surface area contributed by atoms with E-state index in [2.05, 4.69) is 0 Å². The van der Waals surface area contributed by atoms with Gasteiger partial charge in [0.05, 0.1) is 11.9 Å². The van der Waals surface area contributed by atoms with Gasteiger partial charge in [-0.2, -0.15) is 0 Å². The van der Waals surface area contributed by atoms with E-state index in [1.807, 2.05) is 6.92 Å². The molecule has 1 aromatic rings. The molecule has 0 radical (unpaired) electrons. The Balaban J connectivity index is 2.79. The molecule has 5 heteroatoms. The fourth-order valence-electron chi connectivity index (χ4n) is 1.22. The number of halogens is 1. The highest BCUT2D eigenvalue weighted by molar-refractivity contribution is 8.13. The summed E-state index contributed by atoms with van der Waals surface area (Å²) in [6, 6.07) is 6.94. The van der Waals surface area contributed by atoms with Gasteiger partial charge in [-0.3, -0.25) is 0 Å². The van der Waals surface area contributed by atoms with Gasteiger partial charge in [-0.1, -0.05) is 19.1 Å². The summed E-state index contributed by atoms with van der Waals surface area (Å²) < 4.78 is 27.6. The van der Waals surface area contributed by atoms with E-state index in [9.17, 15) is 8.42 Å². The molecular weight excluding hydrogens is 248 g/mol. The Bertz CT molecular complexity index is 425. The van der Waals surface area contributed by atoms with Crippen molar-refractivity contribution in [3.63, 3.8) is 0 Å². The number of benzene rings is 1. The molecule has 0 saturated heterocycles. The minimum absolute atomic E-state index is 0.655. The molecular formula is C11H15ClO3S. The van der Waals surface area contributed by atoms with Crippen LogP contribution in [-0.2, 0) is 9.05 Å². The monoisotopic (exact) mass is 262 g/mol. The van der Waals surface area contributed by atoms with Crippen LogP contribution in [0.2, 0.25) is 0 Å². The summed E-state index contributed by atoms with van der Waals surface area (Å²) in [5, 5.41) is -0.700. The SMILES string of the molecule is CCCOc1ccc(C(C)S(=O)(=O)Cl)cc1. The van der Waals surface area contributed by atoms with Crippen molar-refractivity contribution in [2.45, 2.75) is 25.5 Å². The van der Waals surface area contributed by atoms with Gasteiger partial charge in [-0.25, -0.2) is 8.42 Å². The standard InChI is InChI=1S/C11H15ClO3S/c1-3-8-15-11-6-4-10(5-7-11)9(2)16(12,13)14/h4-7,9H,3,8H2,1-2H3. The van der Waals surface area contributed by atoms with Crippen LogP contribution >= 0.6 is 10.7 Å². The van der Waals surface area contributed by atoms with E-state index in [1.54, 1.807) is 31.2 Å². The van der Waals surface area contributed by atoms with Gasteiger partial charge in [0.25, 0.3) is 0 Å². The van der Waals surface area contributed by atoms with Gasteiger partial charge in [-0.15, -0.1) is 0 Å². The Labute approximate surface area is 101 Å². The van der Waals surface area contributed by atoms with Crippen molar-refractivity contribution in [1.29, 1.82) is 0 Å². The van der Waals surface area contributed by atoms with E-state index in [0.717, 1.165) is 12.2 Å². The molecule has 0 aliphatic heterocycles. The minimum atomic E-state index is -3.55. The van der Waals surface area contributed by atoms with E-state index in [4.69, 9.17) is 15.4 Å². The van der Waals surface area contributed by atoms with Crippen LogP contribution in [0.25, 0.3) is 0 Å². The first kappa shape index (κ1) is 13.3. The number of hydrogen-bond donors (Lipinski definition) is 0. The molecule has 0 aromatic heterocycles. The summed E-state index contributed by atoms with van der Waals surface area (Å²) in [7, 11) is 1.73. The van der Waals surface area contributed by atoms with Crippen molar-refractivity contribution in [2.75, 3.05) is 6.61 Å². The zero-order valence-electron chi connectivity index (χ0n) is 9.31. The van der Waals surface area contributed by atoms with E-state index >= 15 is 0 Å². The van der Waals surface area contributed by atoms with Crippen molar-refractivity contribution in [3.8, 4) is 5.75 Å². The van der Waals surface area contributed by atoms with Crippen molar-refractivity contribution in [1.82, 2.24) is 0 Å². The van der Waals surface area contributed by atoms with Gasteiger partial charge in [-0.05, 0) is 31.0 Å². The first-order chi connectivity index (χ1) is 7.45. The lowest BCUT2D eigenvalue weighted by Gasteiger charge is -2.09. The summed E-state index contributed by atoms with van der Waals surface area (Å²) in [6.07, 6.45) is 0.939. The number of rotatable bonds is 5. The van der Waals surface area contributed by atoms with E-state index < -0.39 is 14.3 Å². The van der Waals surface area contributed by atoms with Crippen LogP contribution in [0.4, 0.5) is 0 Å². The van der Waals surface area contributed by atoms with Crippen molar-refractivity contribution in [3.05, 3.63) is 29.8 Å². The zero-order chi connectivity index (χ0) is 12.2. The first-order valence-electron chi connectivity index (χ1n) is 5.11. The molecule has 0 N–H and O–H groups in total. The third-order valence-corrected chi connectivity index (χ3v) is 4.16. The van der Waals surface area contributed by atoms with E-state index in [1.165, 1.54) is 0 Å². The predicted octanol–water partition coefficient (Wildman–Crippen LogP) is 3.11. The van der Waals surface area contributed by atoms with Crippen molar-refractivity contribution < 1.29 is 13.2 Å². The summed E-state index contributed by atoms with van der Waals surface area (Å²) in [5.74, 6) is 0.741. The molecule has 1 aromatic carbocycles. The molecule has 1 rings (SSSR count). The number of hydrogen-bond acceptors (Lipinski definition) is 3. The Kier molecular flexibility index (Phi) is 4.62. The smallest absolute Gasteiger partial charge is 0.239 e. The quantitative estimate of drug-likeness (QED) is 0.766. The average Bonchev–Trinajstić information content (AvgIpc) is 2.25. The fourth-order valence-corrected chi connectivity index (χ4v) is 2.01. The normalized spacial score (nSPS) is 13.4. The summed E-state index contributed by atoms with van der Waals surface area (Å²) >= 11 is 0. The van der Waals surface area contributed by atoms with Crippen molar-refractivity contribution in [2.24, 2.45) is 0 Å². The lowest BCUT2D eigenvalue weighted by Crippen LogP contribution is -2.03. The maximum Gasteiger partial charge on any atom is 0.239 e. The topological polar surface area (TPSA) is 43.4 Å². The Morgan fingerprint density at radius 1 is 1.31 bits per heavy atom. The lowest BCUT2D eigenvalue weighted by atomic mass is 10.1. The molecule has 0 spiro atoms. The summed E-state index contributed by atoms with van der Waals surface area (Å²) in [6.45, 7) is 4.24. The highest BCUT2D eigenvalue weighted by Gasteiger charge is 2.19. The molecule has 90 valence electrons. The third-order valence-electron chi connectivity index (χ3n) is 2.24. The zero-order valence-corrected chi connectivity index (χ0v) is 10.9. The van der Waals surface area contributed by atoms with Crippen LogP contribution in [0.15, 0.2) is 24.3 Å². The van der Waals surface area contributed by atoms with Crippen LogP contribution < -0.4 is 4.74 Å². The molecule has 16 heavy (non-hydrogen) atoms. The molecule has 0 fully saturated rings. The highest BCUT2D eigenvalue weighted by Crippen LogP contribution is 2.26. The van der Waals surface area contributed by atoms with Crippen LogP contribution in [0, 0.1) is 0 Å². The van der Waals surface area contributed by atoms with Crippen LogP contribution in [-0.4, -0.2) is 15.0 Å². The molecule has 1 atom stereocenters. The molecule has 0 aliphatic rings. The number of ether oxygens (including phenoxy) is 1. The third kappa shape index (κ3) is 3.68. The molecule has 0 heterocycles. The molecule has 0 saturated carbocycles. The second-order valence-corrected chi connectivity index (χ2v) is 6.48. The van der Waals surface area contributed by atoms with Gasteiger partial charge in [0.15, 0.2) is 0 Å². The van der Waals surface area contributed by atoms with Gasteiger partial charge in [0, 0.05) is 10.7 Å². The molecule has 0 bridgehead atoms. The van der Waals surface area contributed by atoms with Gasteiger partial charge in [0.1, 0.15) is 5.75 Å². The molecule has 0 amide bonds. The lowest BCUT2D eigenvalue weighted by molar-refractivity contribution is 0.317. The molecule has 3 nitrogen and oxygen atoms in total. The Morgan fingerprint density at radius 3 is 2.31 bits per heavy atom. The van der Waals surface area contributed by atoms with E-state index in [-0.39, 0.29) is 0 Å². The van der Waals surface area contributed by atoms with Gasteiger partial charge < -0.3 is 4.74 Å². The molecule has 0 aliphatic carbocycles. The Hall–Kier alpha value is -0.740. The maximum atomic E-state index is 11.1. The van der Waals surface area contributed by atoms with Crippen LogP contribution in [0.1, 0.15) is 31.1 Å². The van der Waals surface area contributed by atoms with Gasteiger partial charge >= 0.3 is 0 Å². The van der Waals surface area contributed by atoms with Crippen LogP contribution in [0.3, 0.4) is 0 Å². The van der Waals surface area contributed by atoms with Crippen LogP contribution in [0.5, 0.6) is 5.75 Å².